The Balaban J connectivity index is 1.51. The van der Waals surface area contributed by atoms with E-state index in [4.69, 9.17) is 0 Å². The van der Waals surface area contributed by atoms with E-state index >= 15 is 0 Å². The monoisotopic (exact) mass is 376 g/mol. The van der Waals surface area contributed by atoms with Gasteiger partial charge in [-0.2, -0.15) is 18.2 Å². The molecular formula is C14H15F3N4O3S. The lowest BCUT2D eigenvalue weighted by Crippen LogP contribution is -2.36. The maximum absolute atomic E-state index is 12.2. The van der Waals surface area contributed by atoms with E-state index in [1.54, 1.807) is 23.2 Å². The fraction of sp³-hybridized carbons (Fsp3) is 0.429. The molecule has 0 fully saturated rings. The van der Waals surface area contributed by atoms with Gasteiger partial charge in [-0.1, -0.05) is 12.5 Å². The summed E-state index contributed by atoms with van der Waals surface area (Å²) in [5, 5.41) is 0. The van der Waals surface area contributed by atoms with Crippen molar-refractivity contribution in [2.75, 3.05) is 11.4 Å². The molecule has 0 bridgehead atoms. The first kappa shape index (κ1) is 17.7. The predicted molar refractivity (Wildman–Crippen MR) is 84.8 cm³/mol. The number of hydrogen-bond donors (Lipinski definition) is 1. The predicted octanol–water partition coefficient (Wildman–Crippen LogP) is 2.07. The van der Waals surface area contributed by atoms with E-state index < -0.39 is 15.5 Å². The molecule has 3 aliphatic rings. The molecule has 0 aromatic rings. The van der Waals surface area contributed by atoms with Gasteiger partial charge in [0.1, 0.15) is 17.3 Å². The summed E-state index contributed by atoms with van der Waals surface area (Å²) in [5.41, 5.74) is -5.12. The van der Waals surface area contributed by atoms with E-state index in [1.807, 2.05) is 10.6 Å². The van der Waals surface area contributed by atoms with Gasteiger partial charge in [-0.25, -0.2) is 13.1 Å². The van der Waals surface area contributed by atoms with Crippen molar-refractivity contribution in [2.45, 2.75) is 31.3 Å². The molecule has 3 rings (SSSR count). The highest BCUT2D eigenvalue weighted by molar-refractivity contribution is 7.90. The number of nitrogens with zero attached hydrogens (tertiary/aromatic N) is 3. The van der Waals surface area contributed by atoms with Gasteiger partial charge in [0.2, 0.25) is 0 Å². The van der Waals surface area contributed by atoms with E-state index in [-0.39, 0.29) is 18.5 Å². The molecule has 11 heteroatoms. The zero-order valence-electron chi connectivity index (χ0n) is 13.0. The minimum Gasteiger partial charge on any atom is -0.332 e. The van der Waals surface area contributed by atoms with Crippen molar-refractivity contribution in [3.63, 3.8) is 0 Å². The minimum absolute atomic E-state index is 0.268. The smallest absolute Gasteiger partial charge is 0.332 e. The number of hydrogen-bond acceptors (Lipinski definition) is 5. The summed E-state index contributed by atoms with van der Waals surface area (Å²) in [7, 11) is -5.27. The molecule has 0 radical (unpaired) electrons. The molecule has 0 aromatic carbocycles. The van der Waals surface area contributed by atoms with Crippen LogP contribution in [0.4, 0.5) is 30.5 Å². The maximum Gasteiger partial charge on any atom is 0.511 e. The number of alkyl halides is 3. The molecule has 3 heterocycles. The molecule has 0 aromatic heterocycles. The first-order valence-corrected chi connectivity index (χ1v) is 9.05. The Labute approximate surface area is 141 Å². The summed E-state index contributed by atoms with van der Waals surface area (Å²) in [4.78, 5) is 17.5. The van der Waals surface area contributed by atoms with E-state index in [0.29, 0.717) is 30.9 Å². The van der Waals surface area contributed by atoms with Crippen molar-refractivity contribution in [1.82, 2.24) is 14.3 Å². The molecule has 0 amide bonds. The van der Waals surface area contributed by atoms with Gasteiger partial charge in [-0.3, -0.25) is 9.69 Å². The number of nitrogens with one attached hydrogen (secondary N) is 1. The van der Waals surface area contributed by atoms with Crippen molar-refractivity contribution < 1.29 is 21.6 Å². The molecule has 0 aliphatic carbocycles. The Kier molecular flexibility index (Phi) is 4.45. The summed E-state index contributed by atoms with van der Waals surface area (Å²) in [6.45, 7) is 0.294. The van der Waals surface area contributed by atoms with Crippen LogP contribution in [0.1, 0.15) is 19.3 Å². The van der Waals surface area contributed by atoms with Crippen LogP contribution in [0.25, 0.3) is 0 Å². The topological polar surface area (TPSA) is 84.3 Å². The number of anilines is 3. The standard InChI is InChI=1S/C14H15F3N4O3S/c15-14(16,17)25(23,24)18-7-2-1-3-8-20-9-10-13(22)19-11-5-4-6-12(20)21(10)11/h4-6,9,18H,1-3,7-8H2. The van der Waals surface area contributed by atoms with Gasteiger partial charge in [-0.15, -0.1) is 0 Å². The largest absolute Gasteiger partial charge is 0.511 e. The number of sulfonamides is 1. The molecule has 0 saturated carbocycles. The fourth-order valence-electron chi connectivity index (χ4n) is 2.68. The molecule has 136 valence electrons. The van der Waals surface area contributed by atoms with Crippen molar-refractivity contribution in [3.05, 3.63) is 34.7 Å². The third kappa shape index (κ3) is 3.33. The van der Waals surface area contributed by atoms with Crippen molar-refractivity contribution in [2.24, 2.45) is 0 Å². The second kappa shape index (κ2) is 6.30. The number of rotatable bonds is 7. The van der Waals surface area contributed by atoms with Crippen LogP contribution in [0.2, 0.25) is 0 Å². The molecule has 0 spiro atoms. The van der Waals surface area contributed by atoms with Crippen LogP contribution in [0.3, 0.4) is 0 Å². The zero-order valence-corrected chi connectivity index (χ0v) is 13.8. The first-order chi connectivity index (χ1) is 11.7. The number of aryl methyl sites for hydroxylation is 1. The third-order valence-electron chi connectivity index (χ3n) is 3.87. The summed E-state index contributed by atoms with van der Waals surface area (Å²) < 4.78 is 61.6. The Hall–Kier alpha value is -2.14. The number of halogens is 3. The molecule has 1 N–H and O–H groups in total. The van der Waals surface area contributed by atoms with Crippen LogP contribution >= 0.6 is 0 Å². The molecular weight excluding hydrogens is 361 g/mol. The number of aromatic nitrogens is 2. The van der Waals surface area contributed by atoms with Gasteiger partial charge in [0, 0.05) is 19.3 Å². The molecule has 25 heavy (non-hydrogen) atoms. The average Bonchev–Trinajstić information content (AvgIpc) is 3.04. The Bertz CT molecular complexity index is 910. The van der Waals surface area contributed by atoms with Crippen molar-refractivity contribution in [1.29, 1.82) is 0 Å². The SMILES string of the molecule is O=c1nc2cccc3n(CCCCCNS(=O)(=O)C(F)(F)F)cc1N23. The Morgan fingerprint density at radius 1 is 1.16 bits per heavy atom. The molecule has 0 saturated heterocycles. The van der Waals surface area contributed by atoms with E-state index in [9.17, 15) is 26.4 Å². The van der Waals surface area contributed by atoms with E-state index in [2.05, 4.69) is 4.98 Å². The van der Waals surface area contributed by atoms with Crippen molar-refractivity contribution in [3.8, 4) is 0 Å². The normalized spacial score (nSPS) is 14.0. The summed E-state index contributed by atoms with van der Waals surface area (Å²) in [6, 6.07) is 5.37. The van der Waals surface area contributed by atoms with Crippen LogP contribution in [0.15, 0.2) is 29.2 Å². The van der Waals surface area contributed by atoms with Gasteiger partial charge in [0.25, 0.3) is 5.56 Å². The van der Waals surface area contributed by atoms with Gasteiger partial charge in [-0.05, 0) is 25.0 Å². The molecule has 0 atom stereocenters. The second-order valence-corrected chi connectivity index (χ2v) is 7.36. The van der Waals surface area contributed by atoms with Crippen LogP contribution in [0, 0.1) is 0 Å². The van der Waals surface area contributed by atoms with Gasteiger partial charge in [0.05, 0.1) is 0 Å². The van der Waals surface area contributed by atoms with Gasteiger partial charge < -0.3 is 4.57 Å². The maximum atomic E-state index is 12.2. The summed E-state index contributed by atoms with van der Waals surface area (Å²) >= 11 is 0. The Morgan fingerprint density at radius 3 is 2.64 bits per heavy atom. The molecule has 3 aliphatic heterocycles. The Morgan fingerprint density at radius 2 is 1.92 bits per heavy atom. The van der Waals surface area contributed by atoms with E-state index in [0.717, 1.165) is 5.82 Å². The van der Waals surface area contributed by atoms with Gasteiger partial charge >= 0.3 is 15.5 Å². The second-order valence-electron chi connectivity index (χ2n) is 5.61. The highest BCUT2D eigenvalue weighted by Crippen LogP contribution is 2.37. The fourth-order valence-corrected chi connectivity index (χ4v) is 3.26. The van der Waals surface area contributed by atoms with Gasteiger partial charge in [0.15, 0.2) is 0 Å². The van der Waals surface area contributed by atoms with Crippen LogP contribution < -0.4 is 15.2 Å². The average molecular weight is 376 g/mol. The highest BCUT2D eigenvalue weighted by Gasteiger charge is 2.45. The quantitative estimate of drug-likeness (QED) is 0.638. The zero-order chi connectivity index (χ0) is 18.2. The first-order valence-electron chi connectivity index (χ1n) is 7.56. The summed E-state index contributed by atoms with van der Waals surface area (Å²) in [5.74, 6) is 1.37. The van der Waals surface area contributed by atoms with E-state index in [1.165, 1.54) is 4.72 Å². The van der Waals surface area contributed by atoms with Crippen LogP contribution in [-0.4, -0.2) is 30.0 Å². The minimum atomic E-state index is -5.28. The van der Waals surface area contributed by atoms with Crippen molar-refractivity contribution >= 4 is 27.3 Å². The highest BCUT2D eigenvalue weighted by atomic mass is 32.2. The molecule has 7 nitrogen and oxygen atoms in total. The molecule has 0 unspecified atom stereocenters. The number of unbranched alkanes of at least 4 members (excludes halogenated alkanes) is 2. The lowest BCUT2D eigenvalue weighted by Gasteiger charge is -2.16. The third-order valence-corrected chi connectivity index (χ3v) is 5.06. The lowest BCUT2D eigenvalue weighted by atomic mass is 10.2. The van der Waals surface area contributed by atoms with Crippen LogP contribution in [-0.2, 0) is 16.6 Å². The summed E-state index contributed by atoms with van der Waals surface area (Å²) in [6.07, 6.45) is 3.16. The lowest BCUT2D eigenvalue weighted by molar-refractivity contribution is -0.0447. The van der Waals surface area contributed by atoms with Crippen LogP contribution in [0.5, 0.6) is 0 Å².